The van der Waals surface area contributed by atoms with E-state index < -0.39 is 0 Å². The number of carbonyl (C=O) groups is 2. The van der Waals surface area contributed by atoms with E-state index in [-0.39, 0.29) is 18.4 Å². The van der Waals surface area contributed by atoms with Gasteiger partial charge in [0.25, 0.3) is 11.8 Å². The minimum absolute atomic E-state index is 0.124. The van der Waals surface area contributed by atoms with Crippen LogP contribution in [0.15, 0.2) is 70.6 Å². The molecule has 0 fully saturated rings. The second-order valence-electron chi connectivity index (χ2n) is 6.62. The second-order valence-corrected chi connectivity index (χ2v) is 7.65. The van der Waals surface area contributed by atoms with Crippen molar-refractivity contribution in [3.8, 4) is 17.6 Å². The van der Waals surface area contributed by atoms with Crippen molar-refractivity contribution in [2.24, 2.45) is 0 Å². The molecule has 31 heavy (non-hydrogen) atoms. The van der Waals surface area contributed by atoms with Gasteiger partial charge in [0.15, 0.2) is 0 Å². The van der Waals surface area contributed by atoms with E-state index >= 15 is 0 Å². The highest BCUT2D eigenvalue weighted by Gasteiger charge is 2.28. The van der Waals surface area contributed by atoms with Gasteiger partial charge in [0.1, 0.15) is 16.6 Å². The normalized spacial score (nSPS) is 12.1. The van der Waals surface area contributed by atoms with E-state index in [1.165, 1.54) is 11.8 Å². The Bertz CT molecular complexity index is 1210. The fourth-order valence-electron chi connectivity index (χ4n) is 3.12. The quantitative estimate of drug-likeness (QED) is 0.620. The van der Waals surface area contributed by atoms with Gasteiger partial charge in [0, 0.05) is 10.5 Å². The van der Waals surface area contributed by atoms with Crippen LogP contribution in [-0.4, -0.2) is 30.5 Å². The summed E-state index contributed by atoms with van der Waals surface area (Å²) in [5.74, 6) is 6.48. The molecule has 154 valence electrons. The molecule has 7 heteroatoms. The minimum Gasteiger partial charge on any atom is -0.497 e. The molecule has 0 saturated carbocycles. The van der Waals surface area contributed by atoms with Crippen molar-refractivity contribution >= 4 is 35.1 Å². The number of methoxy groups -OCH3 is 1. The summed E-state index contributed by atoms with van der Waals surface area (Å²) in [7, 11) is 1.57. The van der Waals surface area contributed by atoms with Gasteiger partial charge in [0.05, 0.1) is 24.9 Å². The van der Waals surface area contributed by atoms with Gasteiger partial charge >= 0.3 is 0 Å². The van der Waals surface area contributed by atoms with Crippen LogP contribution in [0.3, 0.4) is 0 Å². The van der Waals surface area contributed by atoms with E-state index in [0.29, 0.717) is 33.4 Å². The van der Waals surface area contributed by atoms with E-state index in [4.69, 9.17) is 4.74 Å². The molecule has 0 radical (unpaired) electrons. The zero-order chi connectivity index (χ0) is 21.8. The van der Waals surface area contributed by atoms with Crippen LogP contribution in [0.5, 0.6) is 5.75 Å². The molecule has 0 unspecified atom stereocenters. The van der Waals surface area contributed by atoms with Crippen molar-refractivity contribution in [1.29, 1.82) is 0 Å². The molecule has 0 atom stereocenters. The predicted octanol–water partition coefficient (Wildman–Crippen LogP) is 4.48. The topological polar surface area (TPSA) is 71.5 Å². The summed E-state index contributed by atoms with van der Waals surface area (Å²) in [5, 5.41) is 3.45. The first-order valence-corrected chi connectivity index (χ1v) is 10.4. The van der Waals surface area contributed by atoms with Crippen molar-refractivity contribution in [3.05, 3.63) is 71.8 Å². The number of pyridine rings is 1. The monoisotopic (exact) mass is 429 g/mol. The highest BCUT2D eigenvalue weighted by molar-refractivity contribution is 7.99. The number of nitrogens with zero attached hydrogens (tertiary/aromatic N) is 2. The van der Waals surface area contributed by atoms with Gasteiger partial charge in [-0.15, -0.1) is 5.92 Å². The molecule has 1 N–H and O–H groups in total. The first-order chi connectivity index (χ1) is 15.1. The smallest absolute Gasteiger partial charge is 0.260 e. The third-order valence-electron chi connectivity index (χ3n) is 4.71. The Hall–Kier alpha value is -3.76. The maximum atomic E-state index is 13.1. The Morgan fingerprint density at radius 3 is 2.65 bits per heavy atom. The molecule has 0 spiro atoms. The van der Waals surface area contributed by atoms with E-state index in [2.05, 4.69) is 22.1 Å². The van der Waals surface area contributed by atoms with Crippen LogP contribution in [0.1, 0.15) is 27.6 Å². The molecule has 0 aliphatic carbocycles. The summed E-state index contributed by atoms with van der Waals surface area (Å²) >= 11 is 1.40. The van der Waals surface area contributed by atoms with E-state index in [0.717, 1.165) is 4.90 Å². The van der Waals surface area contributed by atoms with Gasteiger partial charge in [-0.3, -0.25) is 14.5 Å². The zero-order valence-corrected chi connectivity index (χ0v) is 17.8. The van der Waals surface area contributed by atoms with Gasteiger partial charge in [0.2, 0.25) is 0 Å². The lowest BCUT2D eigenvalue weighted by Gasteiger charge is -2.20. The number of nitrogens with one attached hydrogen (secondary N) is 1. The van der Waals surface area contributed by atoms with Crippen molar-refractivity contribution in [2.75, 3.05) is 23.9 Å². The number of hydrogen-bond acceptors (Lipinski definition) is 5. The maximum Gasteiger partial charge on any atom is 0.260 e. The molecule has 4 rings (SSSR count). The van der Waals surface area contributed by atoms with Crippen LogP contribution in [0, 0.1) is 11.8 Å². The predicted molar refractivity (Wildman–Crippen MR) is 121 cm³/mol. The van der Waals surface area contributed by atoms with Crippen LogP contribution in [0.2, 0.25) is 0 Å². The van der Waals surface area contributed by atoms with Crippen molar-refractivity contribution in [2.45, 2.75) is 16.8 Å². The first kappa shape index (κ1) is 20.5. The molecule has 3 aromatic rings. The molecular weight excluding hydrogens is 410 g/mol. The molecule has 0 saturated heterocycles. The number of ether oxygens (including phenoxy) is 1. The van der Waals surface area contributed by atoms with Gasteiger partial charge in [-0.25, -0.2) is 4.98 Å². The number of aromatic nitrogens is 1. The van der Waals surface area contributed by atoms with Crippen LogP contribution < -0.4 is 15.0 Å². The first-order valence-electron chi connectivity index (χ1n) is 9.55. The van der Waals surface area contributed by atoms with Gasteiger partial charge in [-0.05, 0) is 55.5 Å². The zero-order valence-electron chi connectivity index (χ0n) is 17.0. The molecule has 2 amide bonds. The van der Waals surface area contributed by atoms with Crippen molar-refractivity contribution < 1.29 is 14.3 Å². The Balaban J connectivity index is 1.67. The third kappa shape index (κ3) is 4.25. The summed E-state index contributed by atoms with van der Waals surface area (Å²) in [4.78, 5) is 32.8. The molecule has 2 aromatic carbocycles. The molecular formula is C24H19N3O3S. The Labute approximate surface area is 184 Å². The average Bonchev–Trinajstić information content (AvgIpc) is 2.91. The van der Waals surface area contributed by atoms with Crippen LogP contribution in [0.25, 0.3) is 0 Å². The molecule has 6 nitrogen and oxygen atoms in total. The number of benzene rings is 2. The van der Waals surface area contributed by atoms with Crippen molar-refractivity contribution in [3.63, 3.8) is 0 Å². The number of amides is 2. The SMILES string of the molecule is CC#CCN1C(=O)c2ccccc2Sc2nc(NC(=O)c3ccc(OC)cc3)ccc21. The molecule has 2 heterocycles. The third-order valence-corrected chi connectivity index (χ3v) is 5.78. The standard InChI is InChI=1S/C24H19N3O3S/c1-3-4-15-27-19-13-14-21(25-22(28)16-9-11-17(30-2)12-10-16)26-23(19)31-20-8-6-5-7-18(20)24(27)29/h5-14H,15H2,1-2H3,(H,25,26,28). The Kier molecular flexibility index (Phi) is 5.92. The second kappa shape index (κ2) is 8.94. The number of rotatable bonds is 4. The van der Waals surface area contributed by atoms with E-state index in [1.807, 2.05) is 18.2 Å². The van der Waals surface area contributed by atoms with Crippen molar-refractivity contribution in [1.82, 2.24) is 4.98 Å². The molecule has 1 aliphatic heterocycles. The molecule has 1 aromatic heterocycles. The van der Waals surface area contributed by atoms with E-state index in [9.17, 15) is 9.59 Å². The maximum absolute atomic E-state index is 13.1. The number of hydrogen-bond donors (Lipinski definition) is 1. The Morgan fingerprint density at radius 1 is 1.13 bits per heavy atom. The fraction of sp³-hybridized carbons (Fsp3) is 0.125. The average molecular weight is 430 g/mol. The lowest BCUT2D eigenvalue weighted by Crippen LogP contribution is -2.31. The summed E-state index contributed by atoms with van der Waals surface area (Å²) < 4.78 is 5.13. The number of carbonyl (C=O) groups excluding carboxylic acids is 2. The van der Waals surface area contributed by atoms with Crippen LogP contribution in [0.4, 0.5) is 11.5 Å². The van der Waals surface area contributed by atoms with E-state index in [1.54, 1.807) is 61.4 Å². The lowest BCUT2D eigenvalue weighted by molar-refractivity contribution is 0.0985. The van der Waals surface area contributed by atoms with Gasteiger partial charge in [-0.1, -0.05) is 29.8 Å². The largest absolute Gasteiger partial charge is 0.497 e. The number of fused-ring (bicyclic) bond motifs is 2. The summed E-state index contributed by atoms with van der Waals surface area (Å²) in [6, 6.07) is 17.7. The molecule has 0 bridgehead atoms. The van der Waals surface area contributed by atoms with Crippen LogP contribution >= 0.6 is 11.8 Å². The van der Waals surface area contributed by atoms with Crippen LogP contribution in [-0.2, 0) is 0 Å². The summed E-state index contributed by atoms with van der Waals surface area (Å²) in [5.41, 5.74) is 1.76. The Morgan fingerprint density at radius 2 is 1.90 bits per heavy atom. The highest BCUT2D eigenvalue weighted by Crippen LogP contribution is 2.40. The molecule has 1 aliphatic rings. The summed E-state index contributed by atoms with van der Waals surface area (Å²) in [6.45, 7) is 2.00. The minimum atomic E-state index is -0.279. The van der Waals surface area contributed by atoms with Gasteiger partial charge < -0.3 is 10.1 Å². The summed E-state index contributed by atoms with van der Waals surface area (Å²) in [6.07, 6.45) is 0. The number of anilines is 2. The fourth-order valence-corrected chi connectivity index (χ4v) is 4.17. The lowest BCUT2D eigenvalue weighted by atomic mass is 10.2. The highest BCUT2D eigenvalue weighted by atomic mass is 32.2. The van der Waals surface area contributed by atoms with Gasteiger partial charge in [-0.2, -0.15) is 0 Å².